The standard InChI is InChI=1S/C16H27N3O/c1-4-19(12-15-8-10-18-11-9-15)16(20)13(2)6-5-7-14(3)17/h8-11,13-14H,4-7,12,17H2,1-3H3. The Balaban J connectivity index is 2.49. The average Bonchev–Trinajstić information content (AvgIpc) is 2.44. The first kappa shape index (κ1) is 16.6. The highest BCUT2D eigenvalue weighted by Crippen LogP contribution is 2.14. The van der Waals surface area contributed by atoms with Gasteiger partial charge >= 0.3 is 0 Å². The summed E-state index contributed by atoms with van der Waals surface area (Å²) in [5.41, 5.74) is 6.86. The molecule has 0 saturated carbocycles. The van der Waals surface area contributed by atoms with Crippen molar-refractivity contribution >= 4 is 5.91 Å². The van der Waals surface area contributed by atoms with E-state index in [1.54, 1.807) is 12.4 Å². The van der Waals surface area contributed by atoms with Crippen molar-refractivity contribution in [1.82, 2.24) is 9.88 Å². The lowest BCUT2D eigenvalue weighted by Gasteiger charge is -2.24. The summed E-state index contributed by atoms with van der Waals surface area (Å²) >= 11 is 0. The van der Waals surface area contributed by atoms with Crippen LogP contribution in [0.3, 0.4) is 0 Å². The summed E-state index contributed by atoms with van der Waals surface area (Å²) in [7, 11) is 0. The Morgan fingerprint density at radius 2 is 1.95 bits per heavy atom. The molecule has 0 aliphatic heterocycles. The summed E-state index contributed by atoms with van der Waals surface area (Å²) < 4.78 is 0. The van der Waals surface area contributed by atoms with Crippen LogP contribution in [-0.4, -0.2) is 28.4 Å². The van der Waals surface area contributed by atoms with Crippen LogP contribution in [-0.2, 0) is 11.3 Å². The molecule has 0 saturated heterocycles. The molecule has 1 aromatic heterocycles. The first-order valence-electron chi connectivity index (χ1n) is 7.47. The fourth-order valence-electron chi connectivity index (χ4n) is 2.24. The van der Waals surface area contributed by atoms with Gasteiger partial charge in [0.05, 0.1) is 0 Å². The molecule has 1 heterocycles. The predicted octanol–water partition coefficient (Wildman–Crippen LogP) is 2.58. The number of carbonyl (C=O) groups excluding carboxylic acids is 1. The Morgan fingerprint density at radius 3 is 2.50 bits per heavy atom. The predicted molar refractivity (Wildman–Crippen MR) is 82.0 cm³/mol. The minimum atomic E-state index is 0.0653. The molecule has 1 aromatic rings. The molecule has 0 spiro atoms. The molecule has 112 valence electrons. The lowest BCUT2D eigenvalue weighted by molar-refractivity contribution is -0.135. The molecule has 4 nitrogen and oxygen atoms in total. The topological polar surface area (TPSA) is 59.2 Å². The van der Waals surface area contributed by atoms with Crippen molar-refractivity contribution < 1.29 is 4.79 Å². The van der Waals surface area contributed by atoms with Crippen molar-refractivity contribution in [2.75, 3.05) is 6.54 Å². The van der Waals surface area contributed by atoms with Gasteiger partial charge in [0, 0.05) is 37.4 Å². The molecule has 4 heteroatoms. The van der Waals surface area contributed by atoms with Crippen LogP contribution in [0, 0.1) is 5.92 Å². The molecule has 0 radical (unpaired) electrons. The Hall–Kier alpha value is -1.42. The molecule has 1 amide bonds. The highest BCUT2D eigenvalue weighted by atomic mass is 16.2. The first-order valence-corrected chi connectivity index (χ1v) is 7.47. The monoisotopic (exact) mass is 277 g/mol. The second kappa shape index (κ2) is 8.69. The quantitative estimate of drug-likeness (QED) is 0.794. The second-order valence-corrected chi connectivity index (χ2v) is 5.52. The minimum absolute atomic E-state index is 0.0653. The summed E-state index contributed by atoms with van der Waals surface area (Å²) in [6.07, 6.45) is 6.43. The normalized spacial score (nSPS) is 13.8. The summed E-state index contributed by atoms with van der Waals surface area (Å²) in [4.78, 5) is 18.3. The van der Waals surface area contributed by atoms with Crippen LogP contribution in [0.25, 0.3) is 0 Å². The largest absolute Gasteiger partial charge is 0.338 e. The lowest BCUT2D eigenvalue weighted by atomic mass is 10.0. The van der Waals surface area contributed by atoms with E-state index in [-0.39, 0.29) is 17.9 Å². The number of rotatable bonds is 8. The van der Waals surface area contributed by atoms with E-state index in [1.807, 2.05) is 37.8 Å². The number of carbonyl (C=O) groups is 1. The third-order valence-corrected chi connectivity index (χ3v) is 3.53. The Morgan fingerprint density at radius 1 is 1.30 bits per heavy atom. The number of pyridine rings is 1. The maximum atomic E-state index is 12.4. The first-order chi connectivity index (χ1) is 9.54. The smallest absolute Gasteiger partial charge is 0.225 e. The van der Waals surface area contributed by atoms with E-state index in [4.69, 9.17) is 5.73 Å². The van der Waals surface area contributed by atoms with Crippen molar-refractivity contribution in [1.29, 1.82) is 0 Å². The van der Waals surface area contributed by atoms with E-state index in [1.165, 1.54) is 0 Å². The van der Waals surface area contributed by atoms with Gasteiger partial charge in [0.1, 0.15) is 0 Å². The molecule has 2 unspecified atom stereocenters. The summed E-state index contributed by atoms with van der Waals surface area (Å²) in [6, 6.07) is 4.13. The van der Waals surface area contributed by atoms with Gasteiger partial charge in [-0.05, 0) is 44.4 Å². The van der Waals surface area contributed by atoms with Crippen LogP contribution in [0.15, 0.2) is 24.5 Å². The molecule has 0 aliphatic rings. The van der Waals surface area contributed by atoms with E-state index in [2.05, 4.69) is 4.98 Å². The maximum absolute atomic E-state index is 12.4. The second-order valence-electron chi connectivity index (χ2n) is 5.52. The number of hydrogen-bond donors (Lipinski definition) is 1. The molecule has 1 rings (SSSR count). The average molecular weight is 277 g/mol. The molecule has 0 fully saturated rings. The van der Waals surface area contributed by atoms with Crippen molar-refractivity contribution in [3.05, 3.63) is 30.1 Å². The molecular weight excluding hydrogens is 250 g/mol. The zero-order valence-corrected chi connectivity index (χ0v) is 12.9. The molecular formula is C16H27N3O. The SMILES string of the molecule is CCN(Cc1ccncc1)C(=O)C(C)CCCC(C)N. The van der Waals surface area contributed by atoms with Crippen molar-refractivity contribution in [2.24, 2.45) is 11.7 Å². The molecule has 2 N–H and O–H groups in total. The van der Waals surface area contributed by atoms with Gasteiger partial charge in [-0.2, -0.15) is 0 Å². The van der Waals surface area contributed by atoms with Gasteiger partial charge in [0.25, 0.3) is 0 Å². The van der Waals surface area contributed by atoms with Gasteiger partial charge < -0.3 is 10.6 Å². The summed E-state index contributed by atoms with van der Waals surface area (Å²) in [5.74, 6) is 0.296. The fraction of sp³-hybridized carbons (Fsp3) is 0.625. The van der Waals surface area contributed by atoms with Crippen LogP contribution < -0.4 is 5.73 Å². The number of nitrogens with two attached hydrogens (primary N) is 1. The molecule has 20 heavy (non-hydrogen) atoms. The van der Waals surface area contributed by atoms with E-state index in [0.717, 1.165) is 31.4 Å². The highest BCUT2D eigenvalue weighted by molar-refractivity contribution is 5.78. The fourth-order valence-corrected chi connectivity index (χ4v) is 2.24. The van der Waals surface area contributed by atoms with Gasteiger partial charge in [0.15, 0.2) is 0 Å². The zero-order chi connectivity index (χ0) is 15.0. The van der Waals surface area contributed by atoms with Gasteiger partial charge in [-0.1, -0.05) is 13.3 Å². The number of amides is 1. The van der Waals surface area contributed by atoms with Gasteiger partial charge in [-0.25, -0.2) is 0 Å². The summed E-state index contributed by atoms with van der Waals surface area (Å²) in [5, 5.41) is 0. The Labute approximate surface area is 122 Å². The van der Waals surface area contributed by atoms with Gasteiger partial charge in [-0.3, -0.25) is 9.78 Å². The number of hydrogen-bond acceptors (Lipinski definition) is 3. The van der Waals surface area contributed by atoms with E-state index in [9.17, 15) is 4.79 Å². The van der Waals surface area contributed by atoms with E-state index in [0.29, 0.717) is 6.54 Å². The Kier molecular flexibility index (Phi) is 7.23. The van der Waals surface area contributed by atoms with E-state index >= 15 is 0 Å². The third-order valence-electron chi connectivity index (χ3n) is 3.53. The van der Waals surface area contributed by atoms with Crippen LogP contribution in [0.4, 0.5) is 0 Å². The lowest BCUT2D eigenvalue weighted by Crippen LogP contribution is -2.34. The van der Waals surface area contributed by atoms with Gasteiger partial charge in [-0.15, -0.1) is 0 Å². The van der Waals surface area contributed by atoms with Crippen LogP contribution in [0.2, 0.25) is 0 Å². The molecule has 2 atom stereocenters. The van der Waals surface area contributed by atoms with Crippen LogP contribution >= 0.6 is 0 Å². The third kappa shape index (κ3) is 5.70. The van der Waals surface area contributed by atoms with Crippen molar-refractivity contribution in [3.63, 3.8) is 0 Å². The molecule has 0 bridgehead atoms. The Bertz CT molecular complexity index is 392. The van der Waals surface area contributed by atoms with Crippen LogP contribution in [0.1, 0.15) is 45.6 Å². The minimum Gasteiger partial charge on any atom is -0.338 e. The number of nitrogens with zero attached hydrogens (tertiary/aromatic N) is 2. The maximum Gasteiger partial charge on any atom is 0.225 e. The van der Waals surface area contributed by atoms with Crippen LogP contribution in [0.5, 0.6) is 0 Å². The van der Waals surface area contributed by atoms with Gasteiger partial charge in [0.2, 0.25) is 5.91 Å². The number of aromatic nitrogens is 1. The molecule has 0 aliphatic carbocycles. The zero-order valence-electron chi connectivity index (χ0n) is 12.9. The van der Waals surface area contributed by atoms with E-state index < -0.39 is 0 Å². The molecule has 0 aromatic carbocycles. The summed E-state index contributed by atoms with van der Waals surface area (Å²) in [6.45, 7) is 7.44. The van der Waals surface area contributed by atoms with Crippen molar-refractivity contribution in [3.8, 4) is 0 Å². The highest BCUT2D eigenvalue weighted by Gasteiger charge is 2.19. The van der Waals surface area contributed by atoms with Crippen molar-refractivity contribution in [2.45, 2.75) is 52.6 Å².